The fourth-order valence-electron chi connectivity index (χ4n) is 3.08. The van der Waals surface area contributed by atoms with Crippen molar-refractivity contribution >= 4 is 35.8 Å². The van der Waals surface area contributed by atoms with Crippen LogP contribution in [0, 0.1) is 0 Å². The maximum absolute atomic E-state index is 12.4. The normalized spacial score (nSPS) is 16.1. The molecule has 0 saturated carbocycles. The fraction of sp³-hybridized carbons (Fsp3) is 0.500. The first-order valence-electron chi connectivity index (χ1n) is 9.99. The molecular weight excluding hydrogens is 497 g/mol. The van der Waals surface area contributed by atoms with Crippen LogP contribution in [-0.4, -0.2) is 52.4 Å². The number of benzene rings is 1. The largest absolute Gasteiger partial charge is 0.376 e. The standard InChI is InChI=1S/C20H29N7O2.HI/c1-3-21-20(24-13-18-25-14-26-27(18)2)23-11-15-6-4-7-16(10-15)19(28)22-12-17-8-5-9-29-17;/h4,6-7,10,14,17H,3,5,8-9,11-13H2,1-2H3,(H,22,28)(H2,21,23,24);1H. The number of guanidine groups is 1. The summed E-state index contributed by atoms with van der Waals surface area (Å²) in [5.74, 6) is 1.42. The summed E-state index contributed by atoms with van der Waals surface area (Å²) in [4.78, 5) is 21.2. The Morgan fingerprint density at radius 3 is 2.90 bits per heavy atom. The number of hydrogen-bond acceptors (Lipinski definition) is 5. The Balaban J connectivity index is 0.00000320. The van der Waals surface area contributed by atoms with Crippen LogP contribution in [0.5, 0.6) is 0 Å². The van der Waals surface area contributed by atoms with Gasteiger partial charge in [0.05, 0.1) is 19.2 Å². The van der Waals surface area contributed by atoms with Gasteiger partial charge in [-0.05, 0) is 37.5 Å². The van der Waals surface area contributed by atoms with E-state index in [0.717, 1.165) is 37.4 Å². The van der Waals surface area contributed by atoms with Gasteiger partial charge in [-0.25, -0.2) is 9.98 Å². The number of carbonyl (C=O) groups is 1. The Morgan fingerprint density at radius 2 is 2.20 bits per heavy atom. The third-order valence-electron chi connectivity index (χ3n) is 4.69. The number of carbonyl (C=O) groups excluding carboxylic acids is 1. The lowest BCUT2D eigenvalue weighted by atomic mass is 10.1. The van der Waals surface area contributed by atoms with Gasteiger partial charge in [0.15, 0.2) is 5.96 Å². The molecule has 1 aromatic carbocycles. The maximum Gasteiger partial charge on any atom is 0.251 e. The predicted octanol–water partition coefficient (Wildman–Crippen LogP) is 1.60. The van der Waals surface area contributed by atoms with Crippen molar-refractivity contribution in [2.75, 3.05) is 19.7 Å². The highest BCUT2D eigenvalue weighted by molar-refractivity contribution is 14.0. The summed E-state index contributed by atoms with van der Waals surface area (Å²) < 4.78 is 7.27. The minimum absolute atomic E-state index is 0. The summed E-state index contributed by atoms with van der Waals surface area (Å²) in [6, 6.07) is 7.54. The molecule has 0 radical (unpaired) electrons. The van der Waals surface area contributed by atoms with E-state index in [4.69, 9.17) is 4.74 Å². The Labute approximate surface area is 194 Å². The molecule has 1 amide bonds. The lowest BCUT2D eigenvalue weighted by Crippen LogP contribution is -2.37. The van der Waals surface area contributed by atoms with Crippen LogP contribution in [0.25, 0.3) is 0 Å². The molecule has 3 N–H and O–H groups in total. The first kappa shape index (κ1) is 24.1. The second-order valence-corrected chi connectivity index (χ2v) is 6.89. The van der Waals surface area contributed by atoms with E-state index in [-0.39, 0.29) is 36.0 Å². The minimum atomic E-state index is -0.0846. The lowest BCUT2D eigenvalue weighted by Gasteiger charge is -2.12. The van der Waals surface area contributed by atoms with E-state index in [1.807, 2.05) is 38.2 Å². The van der Waals surface area contributed by atoms with Crippen molar-refractivity contribution in [3.63, 3.8) is 0 Å². The minimum Gasteiger partial charge on any atom is -0.376 e. The van der Waals surface area contributed by atoms with Gasteiger partial charge >= 0.3 is 0 Å². The number of nitrogens with zero attached hydrogens (tertiary/aromatic N) is 4. The summed E-state index contributed by atoms with van der Waals surface area (Å²) in [7, 11) is 1.85. The monoisotopic (exact) mass is 527 g/mol. The van der Waals surface area contributed by atoms with E-state index in [9.17, 15) is 4.79 Å². The number of ether oxygens (including phenoxy) is 1. The smallest absolute Gasteiger partial charge is 0.251 e. The van der Waals surface area contributed by atoms with Gasteiger partial charge < -0.3 is 20.7 Å². The van der Waals surface area contributed by atoms with Gasteiger partial charge in [-0.3, -0.25) is 9.48 Å². The second kappa shape index (κ2) is 12.5. The van der Waals surface area contributed by atoms with Crippen LogP contribution in [0.4, 0.5) is 0 Å². The first-order valence-corrected chi connectivity index (χ1v) is 9.99. The Hall–Kier alpha value is -2.21. The lowest BCUT2D eigenvalue weighted by molar-refractivity contribution is 0.0857. The van der Waals surface area contributed by atoms with E-state index in [0.29, 0.717) is 31.2 Å². The topological polar surface area (TPSA) is 105 Å². The van der Waals surface area contributed by atoms with Gasteiger partial charge in [0.25, 0.3) is 5.91 Å². The number of rotatable bonds is 8. The van der Waals surface area contributed by atoms with Crippen molar-refractivity contribution in [2.24, 2.45) is 12.0 Å². The van der Waals surface area contributed by atoms with Crippen molar-refractivity contribution in [3.8, 4) is 0 Å². The summed E-state index contributed by atoms with van der Waals surface area (Å²) >= 11 is 0. The highest BCUT2D eigenvalue weighted by atomic mass is 127. The van der Waals surface area contributed by atoms with Crippen molar-refractivity contribution in [1.29, 1.82) is 0 Å². The van der Waals surface area contributed by atoms with E-state index in [1.165, 1.54) is 6.33 Å². The van der Waals surface area contributed by atoms with Crippen LogP contribution in [0.1, 0.15) is 41.5 Å². The molecule has 1 fully saturated rings. The average molecular weight is 527 g/mol. The summed E-state index contributed by atoms with van der Waals surface area (Å²) in [5, 5.41) is 13.5. The zero-order valence-corrected chi connectivity index (χ0v) is 19.8. The number of aryl methyl sites for hydroxylation is 1. The SMILES string of the molecule is CCNC(=NCc1cccc(C(=O)NCC2CCCO2)c1)NCc1ncnn1C.I. The fourth-order valence-corrected chi connectivity index (χ4v) is 3.08. The second-order valence-electron chi connectivity index (χ2n) is 6.89. The average Bonchev–Trinajstić information content (AvgIpc) is 3.40. The molecule has 1 saturated heterocycles. The molecule has 1 aliphatic rings. The Kier molecular flexibility index (Phi) is 10.0. The number of aromatic nitrogens is 3. The number of aliphatic imine (C=N–C) groups is 1. The number of amides is 1. The molecule has 0 aliphatic carbocycles. The van der Waals surface area contributed by atoms with Crippen LogP contribution in [0.3, 0.4) is 0 Å². The van der Waals surface area contributed by atoms with E-state index < -0.39 is 0 Å². The molecule has 0 bridgehead atoms. The van der Waals surface area contributed by atoms with Gasteiger partial charge in [-0.15, -0.1) is 24.0 Å². The molecular formula is C20H30IN7O2. The molecule has 1 atom stereocenters. The summed E-state index contributed by atoms with van der Waals surface area (Å²) in [6.45, 7) is 5.08. The van der Waals surface area contributed by atoms with Gasteiger partial charge in [-0.2, -0.15) is 5.10 Å². The zero-order valence-electron chi connectivity index (χ0n) is 17.4. The van der Waals surface area contributed by atoms with E-state index in [1.54, 1.807) is 4.68 Å². The van der Waals surface area contributed by atoms with Crippen LogP contribution >= 0.6 is 24.0 Å². The van der Waals surface area contributed by atoms with Gasteiger partial charge in [0.2, 0.25) is 0 Å². The first-order chi connectivity index (χ1) is 14.2. The number of hydrogen-bond donors (Lipinski definition) is 3. The van der Waals surface area contributed by atoms with Crippen LogP contribution < -0.4 is 16.0 Å². The van der Waals surface area contributed by atoms with E-state index in [2.05, 4.69) is 31.0 Å². The molecule has 2 aromatic rings. The molecule has 1 aliphatic heterocycles. The molecule has 3 rings (SSSR count). The molecule has 30 heavy (non-hydrogen) atoms. The van der Waals surface area contributed by atoms with Crippen molar-refractivity contribution in [3.05, 3.63) is 47.5 Å². The molecule has 1 aromatic heterocycles. The molecule has 2 heterocycles. The molecule has 9 nitrogen and oxygen atoms in total. The van der Waals surface area contributed by atoms with Gasteiger partial charge in [0, 0.05) is 32.3 Å². The van der Waals surface area contributed by atoms with Gasteiger partial charge in [0.1, 0.15) is 12.2 Å². The molecule has 10 heteroatoms. The molecule has 164 valence electrons. The van der Waals surface area contributed by atoms with Crippen molar-refractivity contribution in [1.82, 2.24) is 30.7 Å². The van der Waals surface area contributed by atoms with E-state index >= 15 is 0 Å². The summed E-state index contributed by atoms with van der Waals surface area (Å²) in [6.07, 6.45) is 3.72. The Bertz CT molecular complexity index is 834. The van der Waals surface area contributed by atoms with Crippen molar-refractivity contribution < 1.29 is 9.53 Å². The molecule has 0 spiro atoms. The zero-order chi connectivity index (χ0) is 20.5. The third-order valence-corrected chi connectivity index (χ3v) is 4.69. The summed E-state index contributed by atoms with van der Waals surface area (Å²) in [5.41, 5.74) is 1.60. The molecule has 1 unspecified atom stereocenters. The quantitative estimate of drug-likeness (QED) is 0.274. The number of halogens is 1. The van der Waals surface area contributed by atoms with Crippen LogP contribution in [0.2, 0.25) is 0 Å². The highest BCUT2D eigenvalue weighted by Crippen LogP contribution is 2.11. The third kappa shape index (κ3) is 7.24. The number of nitrogens with one attached hydrogen (secondary N) is 3. The maximum atomic E-state index is 12.4. The predicted molar refractivity (Wildman–Crippen MR) is 126 cm³/mol. The Morgan fingerprint density at radius 1 is 1.33 bits per heavy atom. The van der Waals surface area contributed by atoms with Crippen LogP contribution in [0.15, 0.2) is 35.6 Å². The van der Waals surface area contributed by atoms with Gasteiger partial charge in [-0.1, -0.05) is 12.1 Å². The van der Waals surface area contributed by atoms with Crippen molar-refractivity contribution in [2.45, 2.75) is 39.0 Å². The van der Waals surface area contributed by atoms with Crippen LogP contribution in [-0.2, 0) is 24.9 Å². The highest BCUT2D eigenvalue weighted by Gasteiger charge is 2.16.